The summed E-state index contributed by atoms with van der Waals surface area (Å²) in [7, 11) is 0. The van der Waals surface area contributed by atoms with Crippen molar-refractivity contribution in [1.29, 1.82) is 0 Å². The largest absolute Gasteiger partial charge is 0.389 e. The van der Waals surface area contributed by atoms with Crippen molar-refractivity contribution in [1.82, 2.24) is 15.1 Å². The Balaban J connectivity index is 1.65. The van der Waals surface area contributed by atoms with Gasteiger partial charge in [0.25, 0.3) is 0 Å². The Morgan fingerprint density at radius 3 is 2.57 bits per heavy atom. The lowest BCUT2D eigenvalue weighted by Gasteiger charge is -2.36. The molecule has 0 saturated carbocycles. The minimum absolute atomic E-state index is 0.0827. The number of nitrogens with zero attached hydrogens (tertiary/aromatic N) is 2. The Kier molecular flexibility index (Phi) is 5.75. The Morgan fingerprint density at radius 2 is 2.00 bits per heavy atom. The molecule has 0 atom stereocenters. The zero-order valence-electron chi connectivity index (χ0n) is 12.8. The van der Waals surface area contributed by atoms with E-state index in [1.54, 1.807) is 11.3 Å². The molecule has 118 valence electrons. The number of aliphatic hydroxyl groups is 1. The first kappa shape index (κ1) is 16.4. The fraction of sp³-hybridized carbons (Fsp3) is 0.667. The van der Waals surface area contributed by atoms with Gasteiger partial charge in [-0.2, -0.15) is 0 Å². The summed E-state index contributed by atoms with van der Waals surface area (Å²) in [6.45, 7) is 8.99. The molecule has 0 bridgehead atoms. The van der Waals surface area contributed by atoms with E-state index in [1.807, 2.05) is 31.4 Å². The minimum atomic E-state index is -0.653. The van der Waals surface area contributed by atoms with Crippen LogP contribution in [0.3, 0.4) is 0 Å². The number of carbonyl (C=O) groups excluding carboxylic acids is 1. The van der Waals surface area contributed by atoms with Crippen LogP contribution in [0.25, 0.3) is 0 Å². The summed E-state index contributed by atoms with van der Waals surface area (Å²) < 4.78 is 0. The number of nitrogens with one attached hydrogen (secondary N) is 1. The third kappa shape index (κ3) is 6.13. The second-order valence-electron chi connectivity index (χ2n) is 6.22. The zero-order chi connectivity index (χ0) is 15.3. The topological polar surface area (TPSA) is 55.8 Å². The summed E-state index contributed by atoms with van der Waals surface area (Å²) in [5, 5.41) is 14.8. The lowest BCUT2D eigenvalue weighted by atomic mass is 10.1. The van der Waals surface area contributed by atoms with Crippen molar-refractivity contribution < 1.29 is 9.90 Å². The number of piperazine rings is 1. The van der Waals surface area contributed by atoms with E-state index in [0.717, 1.165) is 26.2 Å². The zero-order valence-corrected chi connectivity index (χ0v) is 13.7. The van der Waals surface area contributed by atoms with Gasteiger partial charge in [-0.1, -0.05) is 6.07 Å². The summed E-state index contributed by atoms with van der Waals surface area (Å²) in [5.41, 5.74) is -0.653. The van der Waals surface area contributed by atoms with E-state index in [0.29, 0.717) is 19.6 Å². The molecule has 0 aromatic carbocycles. The van der Waals surface area contributed by atoms with Gasteiger partial charge in [0, 0.05) is 37.6 Å². The highest BCUT2D eigenvalue weighted by molar-refractivity contribution is 7.09. The number of β-amino-alcohol motifs (C(OH)–C–C–N with tert-alkyl or cyclic N) is 1. The van der Waals surface area contributed by atoms with Crippen LogP contribution >= 0.6 is 11.3 Å². The van der Waals surface area contributed by atoms with E-state index < -0.39 is 5.60 Å². The van der Waals surface area contributed by atoms with Crippen LogP contribution in [0.2, 0.25) is 0 Å². The number of hydrogen-bond acceptors (Lipinski definition) is 5. The first-order valence-electron chi connectivity index (χ1n) is 7.38. The molecule has 2 rings (SSSR count). The van der Waals surface area contributed by atoms with Crippen LogP contribution in [0.1, 0.15) is 18.7 Å². The average Bonchev–Trinajstić information content (AvgIpc) is 2.90. The van der Waals surface area contributed by atoms with Crippen molar-refractivity contribution in [2.24, 2.45) is 0 Å². The van der Waals surface area contributed by atoms with E-state index in [2.05, 4.69) is 15.1 Å². The number of thiophene rings is 1. The second-order valence-corrected chi connectivity index (χ2v) is 7.25. The van der Waals surface area contributed by atoms with Crippen LogP contribution in [0, 0.1) is 0 Å². The molecule has 21 heavy (non-hydrogen) atoms. The second kappa shape index (κ2) is 7.35. The number of hydrogen-bond donors (Lipinski definition) is 2. The fourth-order valence-electron chi connectivity index (χ4n) is 2.51. The van der Waals surface area contributed by atoms with E-state index in [4.69, 9.17) is 0 Å². The molecule has 1 aromatic rings. The highest BCUT2D eigenvalue weighted by Crippen LogP contribution is 2.09. The first-order valence-corrected chi connectivity index (χ1v) is 8.26. The molecule has 0 unspecified atom stereocenters. The van der Waals surface area contributed by atoms with Crippen LogP contribution in [0.15, 0.2) is 17.5 Å². The van der Waals surface area contributed by atoms with Gasteiger partial charge in [-0.05, 0) is 25.3 Å². The third-order valence-corrected chi connectivity index (χ3v) is 4.36. The molecule has 5 nitrogen and oxygen atoms in total. The summed E-state index contributed by atoms with van der Waals surface area (Å²) in [6.07, 6.45) is 0. The SMILES string of the molecule is CC(C)(O)CN1CCN(CC(=O)NCc2cccs2)CC1. The van der Waals surface area contributed by atoms with Crippen molar-refractivity contribution in [2.45, 2.75) is 26.0 Å². The Bertz CT molecular complexity index is 434. The maximum Gasteiger partial charge on any atom is 0.234 e. The van der Waals surface area contributed by atoms with Gasteiger partial charge in [-0.3, -0.25) is 14.6 Å². The van der Waals surface area contributed by atoms with Gasteiger partial charge >= 0.3 is 0 Å². The number of rotatable bonds is 6. The summed E-state index contributed by atoms with van der Waals surface area (Å²) in [6, 6.07) is 4.02. The number of amides is 1. The van der Waals surface area contributed by atoms with Crippen molar-refractivity contribution in [3.63, 3.8) is 0 Å². The molecule has 1 aliphatic heterocycles. The third-order valence-electron chi connectivity index (χ3n) is 3.48. The van der Waals surface area contributed by atoms with Gasteiger partial charge in [0.2, 0.25) is 5.91 Å². The molecule has 0 spiro atoms. The Morgan fingerprint density at radius 1 is 1.33 bits per heavy atom. The molecule has 2 heterocycles. The molecule has 1 amide bonds. The average molecular weight is 311 g/mol. The van der Waals surface area contributed by atoms with Crippen molar-refractivity contribution >= 4 is 17.2 Å². The maximum absolute atomic E-state index is 11.9. The molecular weight excluding hydrogens is 286 g/mol. The van der Waals surface area contributed by atoms with Crippen molar-refractivity contribution in [3.05, 3.63) is 22.4 Å². The molecule has 0 radical (unpaired) electrons. The molecule has 0 aliphatic carbocycles. The Labute approximate surface area is 130 Å². The molecule has 6 heteroatoms. The highest BCUT2D eigenvalue weighted by Gasteiger charge is 2.23. The van der Waals surface area contributed by atoms with E-state index >= 15 is 0 Å². The highest BCUT2D eigenvalue weighted by atomic mass is 32.1. The molecular formula is C15H25N3O2S. The van der Waals surface area contributed by atoms with Gasteiger partial charge in [0.05, 0.1) is 18.7 Å². The van der Waals surface area contributed by atoms with Crippen LogP contribution in [0.5, 0.6) is 0 Å². The quantitative estimate of drug-likeness (QED) is 0.814. The maximum atomic E-state index is 11.9. The lowest BCUT2D eigenvalue weighted by Crippen LogP contribution is -2.52. The standard InChI is InChI=1S/C15H25N3O2S/c1-15(2,20)12-18-7-5-17(6-8-18)11-14(19)16-10-13-4-3-9-21-13/h3-4,9,20H,5-8,10-12H2,1-2H3,(H,16,19). The smallest absolute Gasteiger partial charge is 0.234 e. The minimum Gasteiger partial charge on any atom is -0.389 e. The van der Waals surface area contributed by atoms with Crippen molar-refractivity contribution in [3.8, 4) is 0 Å². The van der Waals surface area contributed by atoms with Crippen LogP contribution in [0.4, 0.5) is 0 Å². The predicted octanol–water partition coefficient (Wildman–Crippen LogP) is 0.753. The van der Waals surface area contributed by atoms with Gasteiger partial charge in [-0.15, -0.1) is 11.3 Å². The molecule has 1 aliphatic rings. The van der Waals surface area contributed by atoms with Crippen molar-refractivity contribution in [2.75, 3.05) is 39.3 Å². The fourth-order valence-corrected chi connectivity index (χ4v) is 3.16. The van der Waals surface area contributed by atoms with Gasteiger partial charge < -0.3 is 10.4 Å². The summed E-state index contributed by atoms with van der Waals surface area (Å²) in [5.74, 6) is 0.0827. The number of carbonyl (C=O) groups is 1. The Hall–Kier alpha value is -0.950. The summed E-state index contributed by atoms with van der Waals surface area (Å²) in [4.78, 5) is 17.5. The van der Waals surface area contributed by atoms with Crippen LogP contribution in [-0.2, 0) is 11.3 Å². The lowest BCUT2D eigenvalue weighted by molar-refractivity contribution is -0.123. The van der Waals surface area contributed by atoms with Gasteiger partial charge in [-0.25, -0.2) is 0 Å². The first-order chi connectivity index (χ1) is 9.92. The monoisotopic (exact) mass is 311 g/mol. The predicted molar refractivity (Wildman–Crippen MR) is 85.3 cm³/mol. The molecule has 2 N–H and O–H groups in total. The van der Waals surface area contributed by atoms with E-state index in [1.165, 1.54) is 4.88 Å². The normalized spacial score (nSPS) is 17.9. The van der Waals surface area contributed by atoms with Gasteiger partial charge in [0.1, 0.15) is 0 Å². The van der Waals surface area contributed by atoms with E-state index in [9.17, 15) is 9.90 Å². The summed E-state index contributed by atoms with van der Waals surface area (Å²) >= 11 is 1.66. The van der Waals surface area contributed by atoms with Crippen LogP contribution in [-0.4, -0.2) is 65.7 Å². The molecule has 1 aromatic heterocycles. The van der Waals surface area contributed by atoms with E-state index in [-0.39, 0.29) is 5.91 Å². The van der Waals surface area contributed by atoms with Gasteiger partial charge in [0.15, 0.2) is 0 Å². The molecule has 1 fully saturated rings. The van der Waals surface area contributed by atoms with Crippen LogP contribution < -0.4 is 5.32 Å². The molecule has 1 saturated heterocycles.